The topological polar surface area (TPSA) is 75.6 Å². The molecular weight excluding hydrogens is 410 g/mol. The standard InChI is InChI=1S/C22H18ClNO4S/c23-18-9-10-29-21(18)19(11-20(25)26)24-22(27)28-12-17-15-7-3-1-5-13(15)14-6-2-4-8-16(14)17/h1-10,17,19H,11-12H2,(H,24,27)(H,25,26). The number of fused-ring (bicyclic) bond motifs is 3. The highest BCUT2D eigenvalue weighted by Gasteiger charge is 2.29. The van der Waals surface area contributed by atoms with Crippen molar-refractivity contribution in [3.05, 3.63) is 81.0 Å². The summed E-state index contributed by atoms with van der Waals surface area (Å²) >= 11 is 7.42. The van der Waals surface area contributed by atoms with Gasteiger partial charge in [-0.1, -0.05) is 60.1 Å². The number of halogens is 1. The van der Waals surface area contributed by atoms with Gasteiger partial charge in [0.05, 0.1) is 17.5 Å². The van der Waals surface area contributed by atoms with Crippen LogP contribution in [0.5, 0.6) is 0 Å². The van der Waals surface area contributed by atoms with E-state index >= 15 is 0 Å². The number of carboxylic acid groups (broad SMARTS) is 1. The first kappa shape index (κ1) is 19.5. The Balaban J connectivity index is 1.48. The van der Waals surface area contributed by atoms with Gasteiger partial charge >= 0.3 is 12.1 Å². The minimum Gasteiger partial charge on any atom is -0.481 e. The summed E-state index contributed by atoms with van der Waals surface area (Å²) in [6.45, 7) is 0.165. The first-order chi connectivity index (χ1) is 14.0. The van der Waals surface area contributed by atoms with Crippen molar-refractivity contribution in [2.75, 3.05) is 6.61 Å². The maximum Gasteiger partial charge on any atom is 0.407 e. The van der Waals surface area contributed by atoms with E-state index in [2.05, 4.69) is 17.4 Å². The number of alkyl carbamates (subject to hydrolysis) is 1. The Morgan fingerprint density at radius 3 is 2.24 bits per heavy atom. The number of rotatable bonds is 6. The summed E-state index contributed by atoms with van der Waals surface area (Å²) in [5.74, 6) is -1.09. The van der Waals surface area contributed by atoms with Gasteiger partial charge in [0.25, 0.3) is 0 Å². The van der Waals surface area contributed by atoms with Gasteiger partial charge < -0.3 is 15.2 Å². The molecule has 1 atom stereocenters. The van der Waals surface area contributed by atoms with Crippen LogP contribution in [0.3, 0.4) is 0 Å². The normalized spacial score (nSPS) is 13.4. The van der Waals surface area contributed by atoms with Crippen LogP contribution in [0.1, 0.15) is 34.4 Å². The average molecular weight is 428 g/mol. The predicted molar refractivity (Wildman–Crippen MR) is 113 cm³/mol. The molecule has 4 rings (SSSR count). The fraction of sp³-hybridized carbons (Fsp3) is 0.182. The average Bonchev–Trinajstić information content (AvgIpc) is 3.27. The Morgan fingerprint density at radius 1 is 1.07 bits per heavy atom. The van der Waals surface area contributed by atoms with Gasteiger partial charge in [0.2, 0.25) is 0 Å². The first-order valence-electron chi connectivity index (χ1n) is 9.10. The second kappa shape index (κ2) is 8.27. The Morgan fingerprint density at radius 2 is 1.69 bits per heavy atom. The van der Waals surface area contributed by atoms with Crippen LogP contribution in [0.2, 0.25) is 5.02 Å². The smallest absolute Gasteiger partial charge is 0.407 e. The van der Waals surface area contributed by atoms with Crippen molar-refractivity contribution in [2.24, 2.45) is 0 Å². The predicted octanol–water partition coefficient (Wildman–Crippen LogP) is 5.46. The quantitative estimate of drug-likeness (QED) is 0.548. The van der Waals surface area contributed by atoms with Gasteiger partial charge in [-0.15, -0.1) is 11.3 Å². The third-order valence-electron chi connectivity index (χ3n) is 4.98. The van der Waals surface area contributed by atoms with Crippen molar-refractivity contribution in [1.82, 2.24) is 5.32 Å². The van der Waals surface area contributed by atoms with E-state index in [9.17, 15) is 14.7 Å². The van der Waals surface area contributed by atoms with Gasteiger partial charge in [0.1, 0.15) is 6.61 Å². The highest BCUT2D eigenvalue weighted by Crippen LogP contribution is 2.44. The molecule has 1 aromatic heterocycles. The van der Waals surface area contributed by atoms with E-state index in [1.54, 1.807) is 11.4 Å². The number of benzene rings is 2. The molecule has 2 aromatic carbocycles. The molecule has 1 heterocycles. The van der Waals surface area contributed by atoms with Crippen LogP contribution in [-0.2, 0) is 9.53 Å². The summed E-state index contributed by atoms with van der Waals surface area (Å²) in [5.41, 5.74) is 4.52. The largest absolute Gasteiger partial charge is 0.481 e. The zero-order chi connectivity index (χ0) is 20.4. The molecule has 0 saturated carbocycles. The molecule has 3 aromatic rings. The monoisotopic (exact) mass is 427 g/mol. The lowest BCUT2D eigenvalue weighted by molar-refractivity contribution is -0.137. The first-order valence-corrected chi connectivity index (χ1v) is 10.4. The Labute approximate surface area is 176 Å². The van der Waals surface area contributed by atoms with Crippen LogP contribution >= 0.6 is 22.9 Å². The van der Waals surface area contributed by atoms with Crippen molar-refractivity contribution in [1.29, 1.82) is 0 Å². The zero-order valence-corrected chi connectivity index (χ0v) is 16.9. The molecule has 1 amide bonds. The van der Waals surface area contributed by atoms with Crippen molar-refractivity contribution < 1.29 is 19.4 Å². The number of aliphatic carboxylic acids is 1. The fourth-order valence-corrected chi connectivity index (χ4v) is 4.96. The zero-order valence-electron chi connectivity index (χ0n) is 15.3. The van der Waals surface area contributed by atoms with Crippen LogP contribution in [0, 0.1) is 0 Å². The molecule has 0 bridgehead atoms. The van der Waals surface area contributed by atoms with E-state index in [1.165, 1.54) is 11.3 Å². The molecule has 7 heteroatoms. The summed E-state index contributed by atoms with van der Waals surface area (Å²) in [6.07, 6.45) is -0.938. The molecule has 1 aliphatic rings. The molecule has 1 aliphatic carbocycles. The maximum atomic E-state index is 12.5. The summed E-state index contributed by atoms with van der Waals surface area (Å²) in [7, 11) is 0. The second-order valence-corrected chi connectivity index (χ2v) is 8.11. The van der Waals surface area contributed by atoms with Crippen LogP contribution in [0.25, 0.3) is 11.1 Å². The number of ether oxygens (including phenoxy) is 1. The second-order valence-electron chi connectivity index (χ2n) is 6.75. The summed E-state index contributed by atoms with van der Waals surface area (Å²) in [5, 5.41) is 14.0. The van der Waals surface area contributed by atoms with E-state index in [4.69, 9.17) is 16.3 Å². The van der Waals surface area contributed by atoms with E-state index in [0.717, 1.165) is 22.3 Å². The van der Waals surface area contributed by atoms with Crippen LogP contribution < -0.4 is 5.32 Å². The van der Waals surface area contributed by atoms with E-state index in [-0.39, 0.29) is 18.9 Å². The van der Waals surface area contributed by atoms with Gasteiger partial charge in [-0.2, -0.15) is 0 Å². The Bertz CT molecular complexity index is 1020. The molecule has 5 nitrogen and oxygen atoms in total. The van der Waals surface area contributed by atoms with Crippen molar-refractivity contribution in [2.45, 2.75) is 18.4 Å². The van der Waals surface area contributed by atoms with Gasteiger partial charge in [0.15, 0.2) is 0 Å². The van der Waals surface area contributed by atoms with Gasteiger partial charge in [-0.25, -0.2) is 4.79 Å². The minimum atomic E-state index is -1.03. The van der Waals surface area contributed by atoms with E-state index < -0.39 is 18.1 Å². The summed E-state index contributed by atoms with van der Waals surface area (Å²) in [6, 6.07) is 17.1. The lowest BCUT2D eigenvalue weighted by Gasteiger charge is -2.18. The Kier molecular flexibility index (Phi) is 5.56. The number of hydrogen-bond donors (Lipinski definition) is 2. The molecule has 0 aliphatic heterocycles. The fourth-order valence-electron chi connectivity index (χ4n) is 3.72. The lowest BCUT2D eigenvalue weighted by Crippen LogP contribution is -2.31. The maximum absolute atomic E-state index is 12.5. The van der Waals surface area contributed by atoms with Crippen molar-refractivity contribution in [3.63, 3.8) is 0 Å². The van der Waals surface area contributed by atoms with Gasteiger partial charge in [-0.3, -0.25) is 4.79 Å². The van der Waals surface area contributed by atoms with Crippen LogP contribution in [-0.4, -0.2) is 23.8 Å². The number of carboxylic acids is 1. The lowest BCUT2D eigenvalue weighted by atomic mass is 9.98. The van der Waals surface area contributed by atoms with Crippen LogP contribution in [0.4, 0.5) is 4.79 Å². The van der Waals surface area contributed by atoms with Gasteiger partial charge in [0, 0.05) is 10.8 Å². The molecule has 148 valence electrons. The molecule has 0 fully saturated rings. The van der Waals surface area contributed by atoms with E-state index in [0.29, 0.717) is 9.90 Å². The molecule has 1 unspecified atom stereocenters. The number of carbonyl (C=O) groups excluding carboxylic acids is 1. The highest BCUT2D eigenvalue weighted by atomic mass is 35.5. The number of nitrogens with one attached hydrogen (secondary N) is 1. The summed E-state index contributed by atoms with van der Waals surface area (Å²) in [4.78, 5) is 24.3. The van der Waals surface area contributed by atoms with Crippen molar-refractivity contribution in [3.8, 4) is 11.1 Å². The molecular formula is C22H18ClNO4S. The highest BCUT2D eigenvalue weighted by molar-refractivity contribution is 7.10. The van der Waals surface area contributed by atoms with E-state index in [1.807, 2.05) is 36.4 Å². The number of hydrogen-bond acceptors (Lipinski definition) is 4. The minimum absolute atomic E-state index is 0.0589. The van der Waals surface area contributed by atoms with Crippen molar-refractivity contribution >= 4 is 35.0 Å². The number of carbonyl (C=O) groups is 2. The number of amides is 1. The third kappa shape index (κ3) is 3.99. The number of thiophene rings is 1. The van der Waals surface area contributed by atoms with Gasteiger partial charge in [-0.05, 0) is 33.7 Å². The molecule has 29 heavy (non-hydrogen) atoms. The SMILES string of the molecule is O=C(O)CC(NC(=O)OCC1c2ccccc2-c2ccccc21)c1sccc1Cl. The Hall–Kier alpha value is -2.83. The molecule has 0 saturated heterocycles. The molecule has 2 N–H and O–H groups in total. The third-order valence-corrected chi connectivity index (χ3v) is 6.45. The molecule has 0 spiro atoms. The van der Waals surface area contributed by atoms with Crippen LogP contribution in [0.15, 0.2) is 60.0 Å². The summed E-state index contributed by atoms with van der Waals surface area (Å²) < 4.78 is 5.51. The molecule has 0 radical (unpaired) electrons.